The Morgan fingerprint density at radius 3 is 2.32 bits per heavy atom. The molecule has 0 bridgehead atoms. The smallest absolute Gasteiger partial charge is 0.258 e. The predicted octanol–water partition coefficient (Wildman–Crippen LogP) is 2.84. The van der Waals surface area contributed by atoms with Crippen molar-refractivity contribution in [2.45, 2.75) is 0 Å². The standard InChI is InChI=1S/C16H12F3IN2O3/c17-11-5-6-12(16(19)15(11)18)22-13(23)7-21-14(24)8-25-10-3-1-9(20)2-4-10/h1-6H,7-8H2,(H,21,24)(H,22,23). The third-order valence-corrected chi connectivity index (χ3v) is 3.66. The van der Waals surface area contributed by atoms with E-state index in [4.69, 9.17) is 4.74 Å². The number of carbonyl (C=O) groups is 2. The lowest BCUT2D eigenvalue weighted by atomic mass is 10.2. The van der Waals surface area contributed by atoms with Crippen LogP contribution in [0.15, 0.2) is 36.4 Å². The van der Waals surface area contributed by atoms with E-state index in [1.165, 1.54) is 0 Å². The first kappa shape index (κ1) is 19.0. The molecule has 0 aliphatic heterocycles. The molecule has 0 spiro atoms. The van der Waals surface area contributed by atoms with Gasteiger partial charge in [-0.3, -0.25) is 9.59 Å². The molecule has 0 atom stereocenters. The minimum Gasteiger partial charge on any atom is -0.484 e. The van der Waals surface area contributed by atoms with Gasteiger partial charge in [-0.05, 0) is 59.0 Å². The van der Waals surface area contributed by atoms with E-state index < -0.39 is 41.5 Å². The highest BCUT2D eigenvalue weighted by atomic mass is 127. The van der Waals surface area contributed by atoms with Gasteiger partial charge < -0.3 is 15.4 Å². The molecule has 25 heavy (non-hydrogen) atoms. The van der Waals surface area contributed by atoms with Crippen molar-refractivity contribution in [1.82, 2.24) is 5.32 Å². The van der Waals surface area contributed by atoms with E-state index in [0.717, 1.165) is 9.64 Å². The number of benzene rings is 2. The van der Waals surface area contributed by atoms with Crippen molar-refractivity contribution in [3.63, 3.8) is 0 Å². The Bertz CT molecular complexity index is 785. The molecule has 0 aliphatic carbocycles. The molecular formula is C16H12F3IN2O3. The molecule has 2 aromatic carbocycles. The Morgan fingerprint density at radius 1 is 0.960 bits per heavy atom. The van der Waals surface area contributed by atoms with E-state index in [0.29, 0.717) is 11.8 Å². The van der Waals surface area contributed by atoms with Crippen molar-refractivity contribution in [2.75, 3.05) is 18.5 Å². The maximum absolute atomic E-state index is 13.4. The fourth-order valence-corrected chi connectivity index (χ4v) is 2.09. The Balaban J connectivity index is 1.78. The van der Waals surface area contributed by atoms with Crippen LogP contribution in [0.5, 0.6) is 5.75 Å². The highest BCUT2D eigenvalue weighted by Crippen LogP contribution is 2.19. The molecule has 0 fully saturated rings. The van der Waals surface area contributed by atoms with Gasteiger partial charge in [-0.1, -0.05) is 0 Å². The Hall–Kier alpha value is -2.30. The number of amides is 2. The summed E-state index contributed by atoms with van der Waals surface area (Å²) < 4.78 is 45.5. The maximum Gasteiger partial charge on any atom is 0.258 e. The number of rotatable bonds is 6. The first-order valence-electron chi connectivity index (χ1n) is 6.95. The minimum atomic E-state index is -1.69. The van der Waals surface area contributed by atoms with E-state index >= 15 is 0 Å². The van der Waals surface area contributed by atoms with Crippen LogP contribution in [0, 0.1) is 21.0 Å². The zero-order valence-electron chi connectivity index (χ0n) is 12.6. The molecule has 0 saturated carbocycles. The topological polar surface area (TPSA) is 67.4 Å². The van der Waals surface area contributed by atoms with Gasteiger partial charge in [0.2, 0.25) is 5.91 Å². The van der Waals surface area contributed by atoms with Crippen LogP contribution in [-0.2, 0) is 9.59 Å². The van der Waals surface area contributed by atoms with Crippen molar-refractivity contribution in [1.29, 1.82) is 0 Å². The fourth-order valence-electron chi connectivity index (χ4n) is 1.73. The average molecular weight is 464 g/mol. The van der Waals surface area contributed by atoms with Gasteiger partial charge in [0.1, 0.15) is 5.75 Å². The Kier molecular flexibility index (Phi) is 6.62. The second kappa shape index (κ2) is 8.70. The average Bonchev–Trinajstić information content (AvgIpc) is 2.60. The minimum absolute atomic E-state index is 0.312. The quantitative estimate of drug-likeness (QED) is 0.511. The molecule has 0 radical (unpaired) electrons. The van der Waals surface area contributed by atoms with Gasteiger partial charge >= 0.3 is 0 Å². The summed E-state index contributed by atoms with van der Waals surface area (Å²) in [6, 6.07) is 8.55. The summed E-state index contributed by atoms with van der Waals surface area (Å²) in [7, 11) is 0. The van der Waals surface area contributed by atoms with Gasteiger partial charge in [0.05, 0.1) is 12.2 Å². The third-order valence-electron chi connectivity index (χ3n) is 2.94. The SMILES string of the molecule is O=C(COc1ccc(I)cc1)NCC(=O)Nc1ccc(F)c(F)c1F. The number of ether oxygens (including phenoxy) is 1. The van der Waals surface area contributed by atoms with Crippen LogP contribution in [0.2, 0.25) is 0 Å². The molecule has 2 aromatic rings. The molecule has 2 amide bonds. The van der Waals surface area contributed by atoms with Gasteiger partial charge in [0.25, 0.3) is 5.91 Å². The van der Waals surface area contributed by atoms with Crippen molar-refractivity contribution >= 4 is 40.1 Å². The molecule has 0 aliphatic rings. The van der Waals surface area contributed by atoms with Crippen molar-refractivity contribution < 1.29 is 27.5 Å². The summed E-state index contributed by atoms with van der Waals surface area (Å²) >= 11 is 2.12. The lowest BCUT2D eigenvalue weighted by Gasteiger charge is -2.09. The van der Waals surface area contributed by atoms with Gasteiger partial charge in [0.15, 0.2) is 24.1 Å². The van der Waals surface area contributed by atoms with Gasteiger partial charge in [-0.25, -0.2) is 13.2 Å². The number of anilines is 1. The van der Waals surface area contributed by atoms with E-state index in [-0.39, 0.29) is 6.61 Å². The van der Waals surface area contributed by atoms with E-state index in [1.54, 1.807) is 24.3 Å². The van der Waals surface area contributed by atoms with Gasteiger partial charge in [0, 0.05) is 3.57 Å². The number of halogens is 4. The highest BCUT2D eigenvalue weighted by molar-refractivity contribution is 14.1. The van der Waals surface area contributed by atoms with Crippen LogP contribution < -0.4 is 15.4 Å². The van der Waals surface area contributed by atoms with Crippen LogP contribution in [0.1, 0.15) is 0 Å². The first-order valence-corrected chi connectivity index (χ1v) is 8.03. The summed E-state index contributed by atoms with van der Waals surface area (Å²) in [4.78, 5) is 23.2. The molecule has 2 N–H and O–H groups in total. The van der Waals surface area contributed by atoms with Crippen molar-refractivity contribution in [2.24, 2.45) is 0 Å². The van der Waals surface area contributed by atoms with Crippen molar-refractivity contribution in [3.05, 3.63) is 57.4 Å². The third kappa shape index (κ3) is 5.62. The first-order chi connectivity index (χ1) is 11.9. The Labute approximate surface area is 154 Å². The van der Waals surface area contributed by atoms with Crippen LogP contribution in [0.4, 0.5) is 18.9 Å². The molecule has 0 saturated heterocycles. The number of hydrogen-bond donors (Lipinski definition) is 2. The zero-order valence-corrected chi connectivity index (χ0v) is 14.8. The molecule has 9 heteroatoms. The van der Waals surface area contributed by atoms with Crippen LogP contribution >= 0.6 is 22.6 Å². The van der Waals surface area contributed by atoms with Crippen LogP contribution in [-0.4, -0.2) is 25.0 Å². The van der Waals surface area contributed by atoms with Crippen LogP contribution in [0.3, 0.4) is 0 Å². The molecule has 132 valence electrons. The number of hydrogen-bond acceptors (Lipinski definition) is 3. The lowest BCUT2D eigenvalue weighted by molar-refractivity contribution is -0.125. The second-order valence-electron chi connectivity index (χ2n) is 4.79. The summed E-state index contributed by atoms with van der Waals surface area (Å²) in [5.41, 5.74) is -0.520. The molecule has 0 heterocycles. The Morgan fingerprint density at radius 2 is 1.64 bits per heavy atom. The van der Waals surface area contributed by atoms with Crippen molar-refractivity contribution in [3.8, 4) is 5.75 Å². The van der Waals surface area contributed by atoms with Gasteiger partial charge in [-0.15, -0.1) is 0 Å². The predicted molar refractivity (Wildman–Crippen MR) is 92.6 cm³/mol. The monoisotopic (exact) mass is 464 g/mol. The molecule has 0 aromatic heterocycles. The van der Waals surface area contributed by atoms with E-state index in [1.807, 2.05) is 5.32 Å². The van der Waals surface area contributed by atoms with E-state index in [9.17, 15) is 22.8 Å². The largest absolute Gasteiger partial charge is 0.484 e. The zero-order chi connectivity index (χ0) is 18.4. The summed E-state index contributed by atoms with van der Waals surface area (Å²) in [6.07, 6.45) is 0. The maximum atomic E-state index is 13.4. The molecular weight excluding hydrogens is 452 g/mol. The van der Waals surface area contributed by atoms with E-state index in [2.05, 4.69) is 27.9 Å². The normalized spacial score (nSPS) is 10.2. The fraction of sp³-hybridized carbons (Fsp3) is 0.125. The lowest BCUT2D eigenvalue weighted by Crippen LogP contribution is -2.36. The number of nitrogens with one attached hydrogen (secondary N) is 2. The highest BCUT2D eigenvalue weighted by Gasteiger charge is 2.15. The second-order valence-corrected chi connectivity index (χ2v) is 6.04. The molecule has 5 nitrogen and oxygen atoms in total. The molecule has 2 rings (SSSR count). The summed E-state index contributed by atoms with van der Waals surface area (Å²) in [5.74, 6) is -5.44. The molecule has 0 unspecified atom stereocenters. The summed E-state index contributed by atoms with van der Waals surface area (Å²) in [6.45, 7) is -0.791. The summed E-state index contributed by atoms with van der Waals surface area (Å²) in [5, 5.41) is 4.30. The van der Waals surface area contributed by atoms with Gasteiger partial charge in [-0.2, -0.15) is 0 Å². The van der Waals surface area contributed by atoms with Crippen LogP contribution in [0.25, 0.3) is 0 Å². The number of carbonyl (C=O) groups excluding carboxylic acids is 2.